The van der Waals surface area contributed by atoms with E-state index >= 15 is 0 Å². The van der Waals surface area contributed by atoms with Crippen LogP contribution in [0.1, 0.15) is 23.2 Å². The topological polar surface area (TPSA) is 104 Å². The Bertz CT molecular complexity index is 687. The maximum absolute atomic E-state index is 13.6. The predicted octanol–water partition coefficient (Wildman–Crippen LogP) is 1.23. The monoisotopic (exact) mass is 337 g/mol. The van der Waals surface area contributed by atoms with E-state index < -0.39 is 42.7 Å². The van der Waals surface area contributed by atoms with Gasteiger partial charge in [-0.15, -0.1) is 0 Å². The maximum atomic E-state index is 13.6. The van der Waals surface area contributed by atoms with Crippen LogP contribution in [0.15, 0.2) is 17.0 Å². The Kier molecular flexibility index (Phi) is 4.25. The van der Waals surface area contributed by atoms with E-state index in [4.69, 9.17) is 21.8 Å². The van der Waals surface area contributed by atoms with Gasteiger partial charge in [-0.05, 0) is 25.0 Å². The van der Waals surface area contributed by atoms with E-state index in [-0.39, 0.29) is 13.2 Å². The molecule has 1 aliphatic carbocycles. The maximum Gasteiger partial charge on any atom is 0.337 e. The molecule has 0 aliphatic heterocycles. The number of carboxylic acid groups (broad SMARTS) is 1. The van der Waals surface area contributed by atoms with E-state index in [1.807, 2.05) is 0 Å². The van der Waals surface area contributed by atoms with Crippen LogP contribution in [0.5, 0.6) is 0 Å². The van der Waals surface area contributed by atoms with Gasteiger partial charge in [0.1, 0.15) is 5.82 Å². The van der Waals surface area contributed by atoms with E-state index in [0.29, 0.717) is 18.9 Å². The van der Waals surface area contributed by atoms with Crippen LogP contribution >= 0.6 is 11.6 Å². The molecule has 3 N–H and O–H groups in total. The van der Waals surface area contributed by atoms with Crippen LogP contribution in [-0.4, -0.2) is 37.8 Å². The van der Waals surface area contributed by atoms with Crippen LogP contribution in [0, 0.1) is 11.2 Å². The molecule has 1 aromatic carbocycles. The van der Waals surface area contributed by atoms with Crippen molar-refractivity contribution in [3.05, 3.63) is 28.5 Å². The summed E-state index contributed by atoms with van der Waals surface area (Å²) in [6, 6.07) is 1.46. The van der Waals surface area contributed by atoms with Crippen LogP contribution in [0.2, 0.25) is 5.02 Å². The number of carboxylic acids is 1. The third kappa shape index (κ3) is 3.34. The van der Waals surface area contributed by atoms with Crippen LogP contribution in [0.4, 0.5) is 4.39 Å². The van der Waals surface area contributed by atoms with Gasteiger partial charge in [-0.3, -0.25) is 0 Å². The summed E-state index contributed by atoms with van der Waals surface area (Å²) in [6.45, 7) is -0.136. The van der Waals surface area contributed by atoms with Gasteiger partial charge in [-0.1, -0.05) is 11.6 Å². The number of hydrogen-bond acceptors (Lipinski definition) is 4. The third-order valence-electron chi connectivity index (χ3n) is 3.47. The molecule has 0 atom stereocenters. The van der Waals surface area contributed by atoms with Gasteiger partial charge in [0, 0.05) is 18.6 Å². The molecular weight excluding hydrogens is 325 g/mol. The molecule has 6 nitrogen and oxygen atoms in total. The predicted molar refractivity (Wildman–Crippen MR) is 72.3 cm³/mol. The summed E-state index contributed by atoms with van der Waals surface area (Å²) in [4.78, 5) is 10.4. The molecule has 0 spiro atoms. The second-order valence-corrected chi connectivity index (χ2v) is 7.20. The number of hydrogen-bond donors (Lipinski definition) is 3. The number of benzene rings is 1. The van der Waals surface area contributed by atoms with Gasteiger partial charge >= 0.3 is 5.97 Å². The molecule has 0 radical (unpaired) electrons. The molecule has 9 heteroatoms. The van der Waals surface area contributed by atoms with E-state index in [2.05, 4.69) is 4.72 Å². The summed E-state index contributed by atoms with van der Waals surface area (Å²) < 4.78 is 39.9. The number of halogens is 2. The highest BCUT2D eigenvalue weighted by atomic mass is 35.5. The number of aliphatic hydroxyl groups is 1. The minimum absolute atomic E-state index is 0.0124. The Morgan fingerprint density at radius 3 is 2.52 bits per heavy atom. The smallest absolute Gasteiger partial charge is 0.337 e. The van der Waals surface area contributed by atoms with Gasteiger partial charge in [-0.25, -0.2) is 22.3 Å². The number of aromatic carboxylic acids is 1. The summed E-state index contributed by atoms with van der Waals surface area (Å²) in [5, 5.41) is 17.4. The molecule has 0 amide bonds. The molecule has 0 saturated heterocycles. The van der Waals surface area contributed by atoms with Crippen LogP contribution in [0.25, 0.3) is 0 Å². The molecule has 1 aromatic rings. The second kappa shape index (κ2) is 5.53. The number of aliphatic hydroxyl groups excluding tert-OH is 1. The lowest BCUT2D eigenvalue weighted by Crippen LogP contribution is -2.32. The molecule has 21 heavy (non-hydrogen) atoms. The van der Waals surface area contributed by atoms with Gasteiger partial charge in [0.15, 0.2) is 0 Å². The quantitative estimate of drug-likeness (QED) is 0.724. The van der Waals surface area contributed by atoms with E-state index in [0.717, 1.165) is 6.07 Å². The van der Waals surface area contributed by atoms with Crippen molar-refractivity contribution in [2.75, 3.05) is 13.2 Å². The van der Waals surface area contributed by atoms with Crippen molar-refractivity contribution in [2.45, 2.75) is 17.7 Å². The first-order valence-corrected chi connectivity index (χ1v) is 7.90. The van der Waals surface area contributed by atoms with Gasteiger partial charge in [0.2, 0.25) is 10.0 Å². The summed E-state index contributed by atoms with van der Waals surface area (Å²) >= 11 is 5.49. The lowest BCUT2D eigenvalue weighted by atomic mass is 10.1. The number of rotatable bonds is 6. The zero-order valence-corrected chi connectivity index (χ0v) is 12.3. The summed E-state index contributed by atoms with van der Waals surface area (Å²) in [7, 11) is -4.08. The van der Waals surface area contributed by atoms with Crippen molar-refractivity contribution >= 4 is 27.6 Å². The lowest BCUT2D eigenvalue weighted by Gasteiger charge is -2.14. The fourth-order valence-electron chi connectivity index (χ4n) is 1.77. The van der Waals surface area contributed by atoms with Crippen molar-refractivity contribution in [1.29, 1.82) is 0 Å². The van der Waals surface area contributed by atoms with Crippen molar-refractivity contribution in [2.24, 2.45) is 5.41 Å². The van der Waals surface area contributed by atoms with Gasteiger partial charge < -0.3 is 10.2 Å². The van der Waals surface area contributed by atoms with Crippen molar-refractivity contribution in [3.63, 3.8) is 0 Å². The first-order valence-electron chi connectivity index (χ1n) is 6.04. The molecular formula is C12H13ClFNO5S. The molecule has 0 aromatic heterocycles. The highest BCUT2D eigenvalue weighted by molar-refractivity contribution is 7.89. The Hall–Kier alpha value is -1.22. The Morgan fingerprint density at radius 1 is 1.43 bits per heavy atom. The SMILES string of the molecule is O=C(O)c1cc(S(=O)(=O)NCC2(CO)CC2)cc(F)c1Cl. The fraction of sp³-hybridized carbons (Fsp3) is 0.417. The van der Waals surface area contributed by atoms with Gasteiger partial charge in [0.25, 0.3) is 0 Å². The van der Waals surface area contributed by atoms with E-state index in [1.165, 1.54) is 0 Å². The average Bonchev–Trinajstić information content (AvgIpc) is 3.20. The Balaban J connectivity index is 2.30. The number of nitrogens with one attached hydrogen (secondary N) is 1. The third-order valence-corrected chi connectivity index (χ3v) is 5.24. The zero-order chi connectivity index (χ0) is 15.8. The molecule has 1 fully saturated rings. The molecule has 116 valence electrons. The van der Waals surface area contributed by atoms with E-state index in [9.17, 15) is 17.6 Å². The molecule has 1 aliphatic rings. The zero-order valence-electron chi connectivity index (χ0n) is 10.8. The minimum Gasteiger partial charge on any atom is -0.478 e. The average molecular weight is 338 g/mol. The number of sulfonamides is 1. The second-order valence-electron chi connectivity index (χ2n) is 5.05. The van der Waals surface area contributed by atoms with Crippen LogP contribution < -0.4 is 4.72 Å². The van der Waals surface area contributed by atoms with Crippen LogP contribution in [-0.2, 0) is 10.0 Å². The molecule has 0 bridgehead atoms. The fourth-order valence-corrected chi connectivity index (χ4v) is 3.16. The summed E-state index contributed by atoms with van der Waals surface area (Å²) in [6.07, 6.45) is 1.39. The van der Waals surface area contributed by atoms with Crippen molar-refractivity contribution in [1.82, 2.24) is 4.72 Å². The van der Waals surface area contributed by atoms with Gasteiger partial charge in [0.05, 0.1) is 15.5 Å². The molecule has 0 unspecified atom stereocenters. The highest BCUT2D eigenvalue weighted by Gasteiger charge is 2.42. The molecule has 2 rings (SSSR count). The van der Waals surface area contributed by atoms with Gasteiger partial charge in [-0.2, -0.15) is 0 Å². The first-order chi connectivity index (χ1) is 9.71. The Morgan fingerprint density at radius 2 is 2.05 bits per heavy atom. The van der Waals surface area contributed by atoms with Crippen LogP contribution in [0.3, 0.4) is 0 Å². The van der Waals surface area contributed by atoms with E-state index in [1.54, 1.807) is 0 Å². The Labute approximate surface area is 125 Å². The first kappa shape index (κ1) is 16.2. The molecule has 1 saturated carbocycles. The molecule has 0 heterocycles. The number of carbonyl (C=O) groups is 1. The van der Waals surface area contributed by atoms with Crippen molar-refractivity contribution < 1.29 is 27.8 Å². The standard InChI is InChI=1S/C12H13ClFNO5S/c13-10-8(11(17)18)3-7(4-9(10)14)21(19,20)15-5-12(6-16)1-2-12/h3-4,15-16H,1-2,5-6H2,(H,17,18). The minimum atomic E-state index is -4.08. The van der Waals surface area contributed by atoms with Crippen molar-refractivity contribution in [3.8, 4) is 0 Å². The largest absolute Gasteiger partial charge is 0.478 e. The summed E-state index contributed by atoms with van der Waals surface area (Å²) in [5.74, 6) is -2.65. The lowest BCUT2D eigenvalue weighted by molar-refractivity contribution is 0.0696. The summed E-state index contributed by atoms with van der Waals surface area (Å²) in [5.41, 5.74) is -1.09. The normalized spacial score (nSPS) is 16.7. The highest BCUT2D eigenvalue weighted by Crippen LogP contribution is 2.44.